The lowest BCUT2D eigenvalue weighted by atomic mass is 9.78. The second-order valence-electron chi connectivity index (χ2n) is 16.1. The van der Waals surface area contributed by atoms with Gasteiger partial charge in [0, 0.05) is 27.6 Å². The molecule has 0 fully saturated rings. The Bertz CT molecular complexity index is 3000. The Labute approximate surface area is 310 Å². The minimum absolute atomic E-state index is 0.132. The Hall–Kier alpha value is -6.18. The number of hydrogen-bond donors (Lipinski definition) is 0. The van der Waals surface area contributed by atoms with Crippen LogP contribution in [0.4, 0.5) is 17.1 Å². The standard InChI is InChI=1S/C52H39N/c1-51(2)45-30-34-16-9-8-15-33(34)29-44(45)48-41-21-13-12-20-40(41)47(31-46(48)51)53(36-17-6-5-7-18-36)37-24-27-39-35(28-37)23-26-43-42-25-22-32-14-10-11-19-38(32)49(42)52(3,4)50(39)43/h5-31H,1-4H3. The van der Waals surface area contributed by atoms with Gasteiger partial charge in [0.25, 0.3) is 0 Å². The van der Waals surface area contributed by atoms with Gasteiger partial charge in [-0.05, 0) is 125 Å². The third kappa shape index (κ3) is 4.14. The van der Waals surface area contributed by atoms with Crippen molar-refractivity contribution in [3.05, 3.63) is 186 Å². The topological polar surface area (TPSA) is 3.24 Å². The van der Waals surface area contributed by atoms with Crippen molar-refractivity contribution in [3.8, 4) is 22.3 Å². The van der Waals surface area contributed by atoms with Crippen LogP contribution in [0.25, 0.3) is 65.3 Å². The van der Waals surface area contributed by atoms with Crippen LogP contribution in [0.5, 0.6) is 0 Å². The molecule has 0 amide bonds. The van der Waals surface area contributed by atoms with Crippen LogP contribution in [0.3, 0.4) is 0 Å². The van der Waals surface area contributed by atoms with Gasteiger partial charge in [0.15, 0.2) is 0 Å². The lowest BCUT2D eigenvalue weighted by molar-refractivity contribution is 0.661. The van der Waals surface area contributed by atoms with Crippen molar-refractivity contribution in [2.75, 3.05) is 4.90 Å². The van der Waals surface area contributed by atoms with Gasteiger partial charge < -0.3 is 4.90 Å². The summed E-state index contributed by atoms with van der Waals surface area (Å²) in [6.45, 7) is 9.62. The van der Waals surface area contributed by atoms with Crippen LogP contribution in [0.2, 0.25) is 0 Å². The summed E-state index contributed by atoms with van der Waals surface area (Å²) in [5, 5.41) is 10.4. The molecule has 9 aromatic rings. The van der Waals surface area contributed by atoms with Crippen molar-refractivity contribution in [2.45, 2.75) is 38.5 Å². The molecule has 0 aromatic heterocycles. The van der Waals surface area contributed by atoms with E-state index >= 15 is 0 Å². The molecule has 0 N–H and O–H groups in total. The van der Waals surface area contributed by atoms with E-state index in [0.717, 1.165) is 11.4 Å². The molecule has 0 aliphatic heterocycles. The van der Waals surface area contributed by atoms with Gasteiger partial charge in [-0.3, -0.25) is 0 Å². The Kier molecular flexibility index (Phi) is 6.14. The molecule has 2 aliphatic rings. The van der Waals surface area contributed by atoms with Crippen LogP contribution in [0.1, 0.15) is 49.9 Å². The van der Waals surface area contributed by atoms with Crippen molar-refractivity contribution in [1.82, 2.24) is 0 Å². The first-order valence-electron chi connectivity index (χ1n) is 18.9. The van der Waals surface area contributed by atoms with Gasteiger partial charge in [-0.1, -0.05) is 149 Å². The van der Waals surface area contributed by atoms with Gasteiger partial charge in [0.05, 0.1) is 5.69 Å². The molecule has 0 saturated heterocycles. The van der Waals surface area contributed by atoms with Crippen LogP contribution in [-0.2, 0) is 10.8 Å². The van der Waals surface area contributed by atoms with E-state index in [1.165, 1.54) is 93.3 Å². The van der Waals surface area contributed by atoms with Gasteiger partial charge >= 0.3 is 0 Å². The van der Waals surface area contributed by atoms with Crippen molar-refractivity contribution in [1.29, 1.82) is 0 Å². The van der Waals surface area contributed by atoms with Gasteiger partial charge in [-0.15, -0.1) is 0 Å². The SMILES string of the molecule is CC1(C)c2cc3ccccc3cc2-c2c1cc(N(c1ccccc1)c1ccc3c4c(ccc3c1)-c1ccc3ccccc3c1C4(C)C)c1ccccc21. The zero-order valence-corrected chi connectivity index (χ0v) is 30.5. The average Bonchev–Trinajstić information content (AvgIpc) is 3.56. The van der Waals surface area contributed by atoms with E-state index in [9.17, 15) is 0 Å². The Morgan fingerprint density at radius 3 is 1.68 bits per heavy atom. The summed E-state index contributed by atoms with van der Waals surface area (Å²) < 4.78 is 0. The predicted octanol–water partition coefficient (Wildman–Crippen LogP) is 14.4. The molecule has 9 aromatic carbocycles. The van der Waals surface area contributed by atoms with Crippen LogP contribution in [-0.4, -0.2) is 0 Å². The van der Waals surface area contributed by atoms with E-state index in [1.807, 2.05) is 0 Å². The van der Waals surface area contributed by atoms with Crippen LogP contribution < -0.4 is 4.90 Å². The quantitative estimate of drug-likeness (QED) is 0.180. The lowest BCUT2D eigenvalue weighted by Crippen LogP contribution is -2.17. The molecule has 0 radical (unpaired) electrons. The Morgan fingerprint density at radius 2 is 0.943 bits per heavy atom. The molecule has 2 aliphatic carbocycles. The number of para-hydroxylation sites is 1. The fraction of sp³-hybridized carbons (Fsp3) is 0.115. The first kappa shape index (κ1) is 30.4. The Balaban J connectivity index is 1.14. The highest BCUT2D eigenvalue weighted by Crippen LogP contribution is 2.57. The zero-order valence-electron chi connectivity index (χ0n) is 30.5. The maximum absolute atomic E-state index is 2.49. The lowest BCUT2D eigenvalue weighted by Gasteiger charge is -2.30. The number of rotatable bonds is 3. The largest absolute Gasteiger partial charge is 0.310 e. The maximum Gasteiger partial charge on any atom is 0.0543 e. The first-order chi connectivity index (χ1) is 25.8. The van der Waals surface area contributed by atoms with Gasteiger partial charge in [0.2, 0.25) is 0 Å². The molecule has 0 saturated carbocycles. The van der Waals surface area contributed by atoms with E-state index < -0.39 is 0 Å². The average molecular weight is 678 g/mol. The number of benzene rings is 9. The summed E-state index contributed by atoms with van der Waals surface area (Å²) in [4.78, 5) is 2.48. The summed E-state index contributed by atoms with van der Waals surface area (Å²) in [7, 11) is 0. The van der Waals surface area contributed by atoms with E-state index in [-0.39, 0.29) is 10.8 Å². The summed E-state index contributed by atoms with van der Waals surface area (Å²) in [6, 6.07) is 61.4. The molecule has 0 unspecified atom stereocenters. The number of nitrogens with zero attached hydrogens (tertiary/aromatic N) is 1. The van der Waals surface area contributed by atoms with Crippen LogP contribution in [0, 0.1) is 0 Å². The van der Waals surface area contributed by atoms with Crippen molar-refractivity contribution in [3.63, 3.8) is 0 Å². The fourth-order valence-electron chi connectivity index (χ4n) is 10.1. The first-order valence-corrected chi connectivity index (χ1v) is 18.9. The van der Waals surface area contributed by atoms with E-state index in [0.29, 0.717) is 0 Å². The van der Waals surface area contributed by atoms with Crippen molar-refractivity contribution in [2.24, 2.45) is 0 Å². The number of fused-ring (bicyclic) bond motifs is 13. The highest BCUT2D eigenvalue weighted by Gasteiger charge is 2.40. The maximum atomic E-state index is 2.49. The normalized spacial score (nSPS) is 14.7. The van der Waals surface area contributed by atoms with Gasteiger partial charge in [-0.2, -0.15) is 0 Å². The molecule has 11 rings (SSSR count). The molecule has 0 heterocycles. The smallest absolute Gasteiger partial charge is 0.0543 e. The van der Waals surface area contributed by atoms with Crippen LogP contribution in [0.15, 0.2) is 164 Å². The summed E-state index contributed by atoms with van der Waals surface area (Å²) in [5.41, 5.74) is 14.3. The van der Waals surface area contributed by atoms with E-state index in [1.54, 1.807) is 0 Å². The highest BCUT2D eigenvalue weighted by molar-refractivity contribution is 6.12. The van der Waals surface area contributed by atoms with Gasteiger partial charge in [-0.25, -0.2) is 0 Å². The number of anilines is 3. The summed E-state index contributed by atoms with van der Waals surface area (Å²) in [5.74, 6) is 0. The molecule has 0 bridgehead atoms. The van der Waals surface area contributed by atoms with Crippen molar-refractivity contribution < 1.29 is 0 Å². The third-order valence-corrected chi connectivity index (χ3v) is 12.5. The predicted molar refractivity (Wildman–Crippen MR) is 226 cm³/mol. The minimum atomic E-state index is -0.162. The zero-order chi connectivity index (χ0) is 35.6. The van der Waals surface area contributed by atoms with E-state index in [4.69, 9.17) is 0 Å². The molecule has 252 valence electrons. The molecule has 1 heteroatoms. The highest BCUT2D eigenvalue weighted by atomic mass is 15.1. The summed E-state index contributed by atoms with van der Waals surface area (Å²) in [6.07, 6.45) is 0. The molecular weight excluding hydrogens is 639 g/mol. The minimum Gasteiger partial charge on any atom is -0.310 e. The molecule has 53 heavy (non-hydrogen) atoms. The monoisotopic (exact) mass is 677 g/mol. The third-order valence-electron chi connectivity index (χ3n) is 12.5. The van der Waals surface area contributed by atoms with Gasteiger partial charge in [0.1, 0.15) is 0 Å². The second kappa shape index (κ2) is 10.7. The molecular formula is C52H39N. The fourth-order valence-corrected chi connectivity index (χ4v) is 10.1. The molecule has 0 atom stereocenters. The van der Waals surface area contributed by atoms with E-state index in [2.05, 4.69) is 196 Å². The van der Waals surface area contributed by atoms with Crippen molar-refractivity contribution >= 4 is 60.2 Å². The number of hydrogen-bond acceptors (Lipinski definition) is 1. The second-order valence-corrected chi connectivity index (χ2v) is 16.1. The van der Waals surface area contributed by atoms with Crippen LogP contribution >= 0.6 is 0 Å². The molecule has 0 spiro atoms. The summed E-state index contributed by atoms with van der Waals surface area (Å²) >= 11 is 0. The molecule has 1 nitrogen and oxygen atoms in total. The Morgan fingerprint density at radius 1 is 0.358 bits per heavy atom.